The van der Waals surface area contributed by atoms with E-state index in [0.29, 0.717) is 44.7 Å². The van der Waals surface area contributed by atoms with E-state index in [1.165, 1.54) is 42.6 Å². The number of nitrogens with zero attached hydrogens (tertiary/aromatic N) is 4. The molecule has 0 bridgehead atoms. The Bertz CT molecular complexity index is 2400. The van der Waals surface area contributed by atoms with Crippen molar-refractivity contribution in [3.63, 3.8) is 0 Å². The van der Waals surface area contributed by atoms with Crippen LogP contribution in [0.1, 0.15) is 133 Å². The van der Waals surface area contributed by atoms with Gasteiger partial charge in [0.25, 0.3) is 0 Å². The summed E-state index contributed by atoms with van der Waals surface area (Å²) in [6.07, 6.45) is 19.2. The number of H-pyrrole nitrogens is 2. The van der Waals surface area contributed by atoms with Gasteiger partial charge >= 0.3 is 11.9 Å². The van der Waals surface area contributed by atoms with Crippen molar-refractivity contribution >= 4 is 29.8 Å². The zero-order chi connectivity index (χ0) is 45.9. The van der Waals surface area contributed by atoms with Gasteiger partial charge in [-0.15, -0.1) is 0 Å². The van der Waals surface area contributed by atoms with Gasteiger partial charge in [-0.3, -0.25) is 14.4 Å². The number of fused-ring (bicyclic) bond motifs is 2. The summed E-state index contributed by atoms with van der Waals surface area (Å²) in [6, 6.07) is -0.507. The van der Waals surface area contributed by atoms with Gasteiger partial charge in [-0.2, -0.15) is 0 Å². The Kier molecular flexibility index (Phi) is 12.2. The average molecular weight is 891 g/mol. The molecule has 2 amide bonds. The summed E-state index contributed by atoms with van der Waals surface area (Å²) in [5.74, 6) is -1.73. The number of hydrogen-bond donors (Lipinski definition) is 2. The second kappa shape index (κ2) is 17.6. The van der Waals surface area contributed by atoms with Crippen LogP contribution in [0.25, 0.3) is 6.08 Å². The molecule has 2 aromatic rings. The Morgan fingerprint density at radius 2 is 1.43 bits per heavy atom. The highest BCUT2D eigenvalue weighted by Crippen LogP contribution is 2.59. The normalized spacial score (nSPS) is 24.6. The average Bonchev–Trinajstić information content (AvgIpc) is 3.86. The van der Waals surface area contributed by atoms with Gasteiger partial charge in [-0.1, -0.05) is 58.4 Å². The van der Waals surface area contributed by atoms with E-state index in [9.17, 15) is 19.2 Å². The van der Waals surface area contributed by atoms with E-state index >= 15 is 0 Å². The zero-order valence-corrected chi connectivity index (χ0v) is 39.4. The summed E-state index contributed by atoms with van der Waals surface area (Å²) in [5, 5.41) is 0. The molecule has 0 radical (unpaired) electrons. The summed E-state index contributed by atoms with van der Waals surface area (Å²) in [7, 11) is 2.73. The van der Waals surface area contributed by atoms with Crippen LogP contribution >= 0.6 is 0 Å². The topological polar surface area (TPSA) is 169 Å². The van der Waals surface area contributed by atoms with Crippen molar-refractivity contribution < 1.29 is 38.1 Å². The van der Waals surface area contributed by atoms with E-state index in [1.807, 2.05) is 51.3 Å². The number of esters is 2. The number of amides is 2. The van der Waals surface area contributed by atoms with Crippen molar-refractivity contribution in [3.8, 4) is 0 Å². The fraction of sp³-hybridized carbons (Fsp3) is 0.608. The molecule has 0 aromatic carbocycles. The summed E-state index contributed by atoms with van der Waals surface area (Å²) in [5.41, 5.74) is 10.2. The molecule has 5 atom stereocenters. The lowest BCUT2D eigenvalue weighted by Gasteiger charge is -2.32. The maximum atomic E-state index is 14.4. The number of aromatic amines is 2. The Morgan fingerprint density at radius 1 is 0.785 bits per heavy atom. The molecule has 5 heterocycles. The van der Waals surface area contributed by atoms with Gasteiger partial charge in [0.1, 0.15) is 11.6 Å². The standard InChI is InChI=1S/C51H66N6O8/c1-28(2)43(30(5)21-42(58)62-7)47(59)57-27-51(64-19-20-65-51)25-41(57)46-53-37-16-14-35(23-39(37)55-46)33-11-9-32(10-12-33)34-13-15-36-38(22-34)54-45(52-36)40-24-50(17-18-50)26-56(40)48(60)44(29(3)4)31(6)49(61)63-8/h9,11,14,21-22,28-29,31,40-41,43-44H,10,12-13,15-20,23-27H2,1-8H3,(H,52,54)(H,53,55). The van der Waals surface area contributed by atoms with Crippen LogP contribution in [-0.2, 0) is 57.4 Å². The first-order valence-electron chi connectivity index (χ1n) is 23.8. The fourth-order valence-electron chi connectivity index (χ4n) is 11.7. The van der Waals surface area contributed by atoms with Crippen molar-refractivity contribution in [2.24, 2.45) is 35.0 Å². The van der Waals surface area contributed by atoms with Crippen LogP contribution in [0.3, 0.4) is 0 Å². The first-order chi connectivity index (χ1) is 31.1. The van der Waals surface area contributed by atoms with Crippen LogP contribution in [-0.4, -0.2) is 99.8 Å². The zero-order valence-electron chi connectivity index (χ0n) is 39.4. The van der Waals surface area contributed by atoms with E-state index in [-0.39, 0.29) is 47.1 Å². The molecule has 2 aromatic heterocycles. The van der Waals surface area contributed by atoms with Crippen molar-refractivity contribution in [1.82, 2.24) is 29.7 Å². The molecule has 3 saturated heterocycles. The third-order valence-corrected chi connectivity index (χ3v) is 15.4. The van der Waals surface area contributed by atoms with E-state index in [2.05, 4.69) is 34.3 Å². The van der Waals surface area contributed by atoms with Crippen LogP contribution in [0.15, 0.2) is 52.2 Å². The van der Waals surface area contributed by atoms with Crippen LogP contribution in [0.4, 0.5) is 0 Å². The van der Waals surface area contributed by atoms with Gasteiger partial charge < -0.3 is 38.7 Å². The maximum absolute atomic E-state index is 14.4. The van der Waals surface area contributed by atoms with E-state index < -0.39 is 29.5 Å². The molecule has 3 aliphatic heterocycles. The number of hydrogen-bond acceptors (Lipinski definition) is 10. The number of allylic oxidation sites excluding steroid dienone is 7. The van der Waals surface area contributed by atoms with E-state index in [1.54, 1.807) is 0 Å². The number of likely N-dealkylation sites (tertiary alicyclic amines) is 2. The number of methoxy groups -OCH3 is 2. The lowest BCUT2D eigenvalue weighted by atomic mass is 9.83. The number of imidazole rings is 2. The van der Waals surface area contributed by atoms with Gasteiger partial charge in [0, 0.05) is 43.3 Å². The molecule has 14 nitrogen and oxygen atoms in total. The minimum atomic E-state index is -0.884. The van der Waals surface area contributed by atoms with Gasteiger partial charge in [-0.05, 0) is 97.5 Å². The van der Waals surface area contributed by atoms with Crippen LogP contribution < -0.4 is 0 Å². The summed E-state index contributed by atoms with van der Waals surface area (Å²) in [4.78, 5) is 75.0. The molecule has 9 rings (SSSR count). The molecule has 7 aliphatic rings. The van der Waals surface area contributed by atoms with E-state index in [0.717, 1.165) is 85.8 Å². The first kappa shape index (κ1) is 45.1. The minimum absolute atomic E-state index is 0.00677. The highest BCUT2D eigenvalue weighted by molar-refractivity contribution is 5.88. The first-order valence-corrected chi connectivity index (χ1v) is 23.8. The maximum Gasteiger partial charge on any atom is 0.330 e. The van der Waals surface area contributed by atoms with E-state index in [4.69, 9.17) is 28.9 Å². The lowest BCUT2D eigenvalue weighted by molar-refractivity contribution is -0.154. The largest absolute Gasteiger partial charge is 0.469 e. The van der Waals surface area contributed by atoms with Crippen molar-refractivity contribution in [1.29, 1.82) is 0 Å². The third kappa shape index (κ3) is 8.61. The van der Waals surface area contributed by atoms with Crippen molar-refractivity contribution in [3.05, 3.63) is 86.6 Å². The highest BCUT2D eigenvalue weighted by Gasteiger charge is 2.56. The Morgan fingerprint density at radius 3 is 2.08 bits per heavy atom. The summed E-state index contributed by atoms with van der Waals surface area (Å²) >= 11 is 0. The second-order valence-corrected chi connectivity index (χ2v) is 20.4. The third-order valence-electron chi connectivity index (χ3n) is 15.4. The molecule has 14 heteroatoms. The molecule has 1 saturated carbocycles. The second-order valence-electron chi connectivity index (χ2n) is 20.4. The van der Waals surface area contributed by atoms with Crippen molar-refractivity contribution in [2.45, 2.75) is 124 Å². The summed E-state index contributed by atoms with van der Waals surface area (Å²) < 4.78 is 22.3. The number of aryl methyl sites for hydroxylation is 1. The van der Waals surface area contributed by atoms with Crippen LogP contribution in [0.5, 0.6) is 0 Å². The molecule has 348 valence electrons. The molecule has 5 unspecified atom stereocenters. The number of nitrogens with one attached hydrogen (secondary N) is 2. The number of carbonyl (C=O) groups is 4. The number of aromatic nitrogens is 4. The SMILES string of the molecule is COC(=O)C=C(C)C(C(=O)N1CC2(CC1c1nc3c([nH]1)CC(C1=CC=C(C4=Cc5nc(C6CC7(CC7)CN6C(=O)C(C(C)C)C(C)C(=O)OC)[nH]c5CC4)CC1)=CC3)OCCO2)C(C)C. The minimum Gasteiger partial charge on any atom is -0.469 e. The number of carbonyl (C=O) groups excluding carboxylic acids is 4. The number of ether oxygens (including phenoxy) is 4. The Hall–Kier alpha value is -5.08. The van der Waals surface area contributed by atoms with Gasteiger partial charge in [0.15, 0.2) is 5.79 Å². The predicted octanol–water partition coefficient (Wildman–Crippen LogP) is 7.38. The molecule has 2 N–H and O–H groups in total. The quantitative estimate of drug-likeness (QED) is 0.162. The highest BCUT2D eigenvalue weighted by atomic mass is 16.7. The smallest absolute Gasteiger partial charge is 0.330 e. The van der Waals surface area contributed by atoms with Gasteiger partial charge in [-0.25, -0.2) is 14.8 Å². The predicted molar refractivity (Wildman–Crippen MR) is 242 cm³/mol. The molecule has 2 spiro atoms. The molecular weight excluding hydrogens is 825 g/mol. The van der Waals surface area contributed by atoms with Crippen molar-refractivity contribution in [2.75, 3.05) is 40.5 Å². The van der Waals surface area contributed by atoms with Gasteiger partial charge in [0.05, 0.1) is 75.2 Å². The molecule has 4 fully saturated rings. The molecular formula is C51H66N6O8. The summed E-state index contributed by atoms with van der Waals surface area (Å²) in [6.45, 7) is 13.6. The fourth-order valence-corrected chi connectivity index (χ4v) is 11.7. The number of rotatable bonds is 12. The molecule has 65 heavy (non-hydrogen) atoms. The Balaban J connectivity index is 0.897. The lowest BCUT2D eigenvalue weighted by Crippen LogP contribution is -2.43. The van der Waals surface area contributed by atoms with Crippen LogP contribution in [0.2, 0.25) is 0 Å². The van der Waals surface area contributed by atoms with Crippen LogP contribution in [0, 0.1) is 35.0 Å². The Labute approximate surface area is 382 Å². The molecule has 4 aliphatic carbocycles. The van der Waals surface area contributed by atoms with Gasteiger partial charge in [0.2, 0.25) is 11.8 Å². The monoisotopic (exact) mass is 890 g/mol.